The number of fused-ring (bicyclic) bond motifs is 2. The first-order chi connectivity index (χ1) is 29.8. The predicted molar refractivity (Wildman–Crippen MR) is 228 cm³/mol. The zero-order valence-electron chi connectivity index (χ0n) is 33.7. The van der Waals surface area contributed by atoms with E-state index in [0.29, 0.717) is 34.9 Å². The molecule has 1 saturated carbocycles. The number of aromatic nitrogens is 4. The van der Waals surface area contributed by atoms with Gasteiger partial charge in [-0.2, -0.15) is 0 Å². The maximum absolute atomic E-state index is 13.4. The molecule has 0 spiro atoms. The molecular weight excluding hydrogens is 775 g/mol. The third kappa shape index (κ3) is 7.56. The molecule has 4 fully saturated rings. The van der Waals surface area contributed by atoms with E-state index in [1.807, 2.05) is 42.7 Å². The minimum atomic E-state index is -0.970. The van der Waals surface area contributed by atoms with Gasteiger partial charge in [0.15, 0.2) is 17.0 Å². The fraction of sp³-hybridized carbons (Fsp3) is 0.378. The molecule has 61 heavy (non-hydrogen) atoms. The van der Waals surface area contributed by atoms with Crippen LogP contribution < -0.4 is 25.8 Å². The van der Waals surface area contributed by atoms with Crippen LogP contribution in [0.1, 0.15) is 70.8 Å². The van der Waals surface area contributed by atoms with E-state index in [9.17, 15) is 24.0 Å². The van der Waals surface area contributed by atoms with Crippen LogP contribution in [0.3, 0.4) is 0 Å². The summed E-state index contributed by atoms with van der Waals surface area (Å²) in [7, 11) is 0. The topological polar surface area (TPSA) is 178 Å². The standard InChI is InChI=1S/C45H47N11O5/c57-38-13-12-37(43(59)51-38)56-44(60)35-11-10-33(25-36(35)45(56)61)52-16-14-32(15-17-52)54-20-18-53(19-21-54)31-8-6-29(7-9-31)50-41-40-42(47-26-46-41)55(27-48-40)34-23-30(24-34)49-39(58)22-28-4-2-1-3-5-28/h1-11,25-27,30,32,34,37H,12-24H2,(H,49,58)(H,46,47,50)(H,51,57,59). The lowest BCUT2D eigenvalue weighted by Crippen LogP contribution is -2.54. The van der Waals surface area contributed by atoms with Gasteiger partial charge in [-0.1, -0.05) is 30.3 Å². The lowest BCUT2D eigenvalue weighted by atomic mass is 9.86. The maximum atomic E-state index is 13.4. The molecule has 3 aromatic carbocycles. The van der Waals surface area contributed by atoms with Crippen molar-refractivity contribution in [3.05, 3.63) is 102 Å². The maximum Gasteiger partial charge on any atom is 0.262 e. The first-order valence-electron chi connectivity index (χ1n) is 21.2. The smallest absolute Gasteiger partial charge is 0.262 e. The van der Waals surface area contributed by atoms with E-state index >= 15 is 0 Å². The van der Waals surface area contributed by atoms with Gasteiger partial charge in [0, 0.05) is 80.9 Å². The molecule has 2 aromatic heterocycles. The van der Waals surface area contributed by atoms with Gasteiger partial charge in [0.05, 0.1) is 23.9 Å². The number of piperazine rings is 1. The average Bonchev–Trinajstić information content (AvgIpc) is 3.80. The zero-order chi connectivity index (χ0) is 41.6. The number of imide groups is 2. The number of piperidine rings is 2. The molecule has 1 aliphatic carbocycles. The van der Waals surface area contributed by atoms with Gasteiger partial charge in [-0.15, -0.1) is 0 Å². The molecule has 16 heteroatoms. The molecule has 5 amide bonds. The van der Waals surface area contributed by atoms with Crippen molar-refractivity contribution in [3.63, 3.8) is 0 Å². The van der Waals surface area contributed by atoms with Gasteiger partial charge in [0.1, 0.15) is 12.4 Å². The van der Waals surface area contributed by atoms with Gasteiger partial charge in [-0.05, 0) is 80.1 Å². The highest BCUT2D eigenvalue weighted by atomic mass is 16.2. The number of hydrogen-bond donors (Lipinski definition) is 3. The summed E-state index contributed by atoms with van der Waals surface area (Å²) in [5, 5.41) is 8.87. The van der Waals surface area contributed by atoms with Gasteiger partial charge in [0.2, 0.25) is 17.7 Å². The Bertz CT molecular complexity index is 2510. The van der Waals surface area contributed by atoms with E-state index in [1.165, 1.54) is 5.69 Å². The van der Waals surface area contributed by atoms with Crippen LogP contribution in [-0.4, -0.2) is 116 Å². The summed E-state index contributed by atoms with van der Waals surface area (Å²) < 4.78 is 2.09. The van der Waals surface area contributed by atoms with Crippen LogP contribution in [0.2, 0.25) is 0 Å². The fourth-order valence-electron chi connectivity index (χ4n) is 9.59. The third-order valence-electron chi connectivity index (χ3n) is 13.0. The molecular formula is C45H47N11O5. The molecule has 5 aliphatic rings. The number of amides is 5. The average molecular weight is 822 g/mol. The van der Waals surface area contributed by atoms with Crippen LogP contribution >= 0.6 is 0 Å². The Balaban J connectivity index is 0.692. The number of anilines is 4. The molecule has 6 heterocycles. The molecule has 10 rings (SSSR count). The minimum Gasteiger partial charge on any atom is -0.371 e. The SMILES string of the molecule is O=C1CCC(N2C(=O)c3ccc(N4CCC(N5CCN(c6ccc(Nc7ncnc8c7ncn8C7CC(NC(=O)Cc8ccccc8)C7)cc6)CC5)CC4)cc3C2=O)C(=O)N1. The summed E-state index contributed by atoms with van der Waals surface area (Å²) in [4.78, 5) is 85.3. The number of imidazole rings is 1. The number of hydrogen-bond acceptors (Lipinski definition) is 12. The second kappa shape index (κ2) is 16.1. The highest BCUT2D eigenvalue weighted by Gasteiger charge is 2.45. The summed E-state index contributed by atoms with van der Waals surface area (Å²) in [6.07, 6.45) is 7.66. The molecule has 1 unspecified atom stereocenters. The second-order valence-corrected chi connectivity index (χ2v) is 16.7. The first kappa shape index (κ1) is 38.5. The molecule has 3 saturated heterocycles. The molecule has 5 aromatic rings. The van der Waals surface area contributed by atoms with Crippen LogP contribution in [0.25, 0.3) is 11.2 Å². The van der Waals surface area contributed by atoms with Crippen molar-refractivity contribution in [1.29, 1.82) is 0 Å². The summed E-state index contributed by atoms with van der Waals surface area (Å²) in [5.74, 6) is -1.26. The Labute approximate surface area is 352 Å². The molecule has 312 valence electrons. The van der Waals surface area contributed by atoms with Crippen molar-refractivity contribution in [3.8, 4) is 0 Å². The Morgan fingerprint density at radius 3 is 2.21 bits per heavy atom. The van der Waals surface area contributed by atoms with E-state index in [2.05, 4.69) is 74.4 Å². The van der Waals surface area contributed by atoms with Crippen LogP contribution in [0.5, 0.6) is 0 Å². The summed E-state index contributed by atoms with van der Waals surface area (Å²) in [6, 6.07) is 23.4. The van der Waals surface area contributed by atoms with Gasteiger partial charge in [-0.25, -0.2) is 15.0 Å². The first-order valence-corrected chi connectivity index (χ1v) is 21.2. The Hall–Kier alpha value is -6.68. The number of benzene rings is 3. The van der Waals surface area contributed by atoms with Crippen molar-refractivity contribution in [2.45, 2.75) is 69.1 Å². The fourth-order valence-corrected chi connectivity index (χ4v) is 9.59. The van der Waals surface area contributed by atoms with Crippen molar-refractivity contribution < 1.29 is 24.0 Å². The molecule has 0 bridgehead atoms. The number of nitrogens with one attached hydrogen (secondary N) is 3. The Morgan fingerprint density at radius 1 is 0.738 bits per heavy atom. The van der Waals surface area contributed by atoms with Gasteiger partial charge >= 0.3 is 0 Å². The van der Waals surface area contributed by atoms with Gasteiger partial charge in [-0.3, -0.25) is 39.1 Å². The van der Waals surface area contributed by atoms with E-state index in [4.69, 9.17) is 0 Å². The Morgan fingerprint density at radius 2 is 1.46 bits per heavy atom. The highest BCUT2D eigenvalue weighted by molar-refractivity contribution is 6.23. The lowest BCUT2D eigenvalue weighted by molar-refractivity contribution is -0.136. The van der Waals surface area contributed by atoms with Crippen molar-refractivity contribution >= 4 is 63.6 Å². The van der Waals surface area contributed by atoms with Gasteiger partial charge in [0.25, 0.3) is 11.8 Å². The Kier molecular flexibility index (Phi) is 10.1. The number of rotatable bonds is 10. The van der Waals surface area contributed by atoms with E-state index in [0.717, 1.165) is 92.4 Å². The van der Waals surface area contributed by atoms with Crippen LogP contribution in [0.15, 0.2) is 85.5 Å². The molecule has 3 N–H and O–H groups in total. The molecule has 1 atom stereocenters. The van der Waals surface area contributed by atoms with Crippen LogP contribution in [0, 0.1) is 0 Å². The zero-order valence-corrected chi connectivity index (χ0v) is 33.7. The number of nitrogens with zero attached hydrogens (tertiary/aromatic N) is 8. The summed E-state index contributed by atoms with van der Waals surface area (Å²) in [6.45, 7) is 5.48. The van der Waals surface area contributed by atoms with E-state index < -0.39 is 23.8 Å². The van der Waals surface area contributed by atoms with E-state index in [-0.39, 0.29) is 36.7 Å². The minimum absolute atomic E-state index is 0.0424. The van der Waals surface area contributed by atoms with E-state index in [1.54, 1.807) is 18.5 Å². The number of carbonyl (C=O) groups excluding carboxylic acids is 5. The quantitative estimate of drug-likeness (QED) is 0.174. The monoisotopic (exact) mass is 821 g/mol. The summed E-state index contributed by atoms with van der Waals surface area (Å²) >= 11 is 0. The number of carbonyl (C=O) groups is 5. The van der Waals surface area contributed by atoms with Crippen LogP contribution in [0.4, 0.5) is 22.9 Å². The normalized spacial score (nSPS) is 22.3. The predicted octanol–water partition coefficient (Wildman–Crippen LogP) is 3.82. The van der Waals surface area contributed by atoms with Crippen molar-refractivity contribution in [2.24, 2.45) is 0 Å². The van der Waals surface area contributed by atoms with Crippen LogP contribution in [-0.2, 0) is 20.8 Å². The van der Waals surface area contributed by atoms with Crippen molar-refractivity contribution in [2.75, 3.05) is 54.4 Å². The third-order valence-corrected chi connectivity index (χ3v) is 13.0. The molecule has 16 nitrogen and oxygen atoms in total. The molecule has 0 radical (unpaired) electrons. The molecule has 4 aliphatic heterocycles. The second-order valence-electron chi connectivity index (χ2n) is 16.7. The summed E-state index contributed by atoms with van der Waals surface area (Å²) in [5.41, 5.74) is 6.10. The lowest BCUT2D eigenvalue weighted by Gasteiger charge is -2.44. The largest absolute Gasteiger partial charge is 0.371 e. The van der Waals surface area contributed by atoms with Crippen molar-refractivity contribution in [1.82, 2.24) is 40.0 Å². The highest BCUT2D eigenvalue weighted by Crippen LogP contribution is 2.36. The van der Waals surface area contributed by atoms with Gasteiger partial charge < -0.3 is 25.0 Å².